The highest BCUT2D eigenvalue weighted by molar-refractivity contribution is 6.13. The zero-order chi connectivity index (χ0) is 33.7. The molecule has 0 fully saturated rings. The van der Waals surface area contributed by atoms with Gasteiger partial charge in [0.25, 0.3) is 0 Å². The minimum absolute atomic E-state index is 0.590. The third-order valence-corrected chi connectivity index (χ3v) is 9.71. The molecular weight excluding hydrogens is 623 g/mol. The van der Waals surface area contributed by atoms with Crippen LogP contribution in [-0.2, 0) is 0 Å². The normalized spacial score (nSPS) is 11.5. The van der Waals surface area contributed by atoms with Crippen LogP contribution in [0.25, 0.3) is 99.9 Å². The maximum Gasteiger partial charge on any atom is 0.164 e. The summed E-state index contributed by atoms with van der Waals surface area (Å²) < 4.78 is 6.47. The van der Waals surface area contributed by atoms with Crippen LogP contribution in [0.3, 0.4) is 0 Å². The quantitative estimate of drug-likeness (QED) is 0.186. The number of fused-ring (bicyclic) bond motifs is 5. The summed E-state index contributed by atoms with van der Waals surface area (Å²) in [5.41, 5.74) is 8.97. The van der Waals surface area contributed by atoms with Crippen LogP contribution >= 0.6 is 0 Å². The lowest BCUT2D eigenvalue weighted by molar-refractivity contribution is 0.669. The predicted octanol–water partition coefficient (Wildman–Crippen LogP) is 12.4. The summed E-state index contributed by atoms with van der Waals surface area (Å²) in [4.78, 5) is 15.2. The fourth-order valence-corrected chi connectivity index (χ4v) is 7.10. The van der Waals surface area contributed by atoms with E-state index in [1.807, 2.05) is 18.2 Å². The smallest absolute Gasteiger partial charge is 0.164 e. The van der Waals surface area contributed by atoms with E-state index >= 15 is 0 Å². The predicted molar refractivity (Wildman–Crippen MR) is 209 cm³/mol. The molecule has 0 amide bonds. The topological polar surface area (TPSA) is 51.8 Å². The molecule has 0 spiro atoms. The fraction of sp³-hybridized carbons (Fsp3) is 0. The number of nitrogens with zero attached hydrogens (tertiary/aromatic N) is 3. The van der Waals surface area contributed by atoms with Gasteiger partial charge in [0.1, 0.15) is 11.2 Å². The summed E-state index contributed by atoms with van der Waals surface area (Å²) in [6.45, 7) is 0. The van der Waals surface area contributed by atoms with Crippen molar-refractivity contribution in [2.24, 2.45) is 0 Å². The minimum atomic E-state index is 0.590. The highest BCUT2D eigenvalue weighted by Crippen LogP contribution is 2.38. The monoisotopic (exact) mass is 651 g/mol. The molecule has 10 aromatic rings. The largest absolute Gasteiger partial charge is 0.456 e. The molecule has 0 aliphatic heterocycles. The Balaban J connectivity index is 1.10. The first kappa shape index (κ1) is 29.0. The van der Waals surface area contributed by atoms with Crippen LogP contribution in [0.15, 0.2) is 180 Å². The van der Waals surface area contributed by atoms with Gasteiger partial charge in [0.15, 0.2) is 17.5 Å². The van der Waals surface area contributed by atoms with Crippen LogP contribution in [0.5, 0.6) is 0 Å². The van der Waals surface area contributed by atoms with Gasteiger partial charge in [0.2, 0.25) is 0 Å². The Morgan fingerprint density at radius 3 is 1.55 bits per heavy atom. The Kier molecular flexibility index (Phi) is 6.78. The molecule has 2 aromatic heterocycles. The summed E-state index contributed by atoms with van der Waals surface area (Å²) in [5, 5.41) is 6.92. The third kappa shape index (κ3) is 5.22. The Morgan fingerprint density at radius 2 is 0.843 bits per heavy atom. The third-order valence-electron chi connectivity index (χ3n) is 9.71. The molecule has 51 heavy (non-hydrogen) atoms. The lowest BCUT2D eigenvalue weighted by Gasteiger charge is -2.10. The summed E-state index contributed by atoms with van der Waals surface area (Å²) in [6, 6.07) is 61.1. The molecule has 4 nitrogen and oxygen atoms in total. The van der Waals surface area contributed by atoms with Gasteiger partial charge in [-0.3, -0.25) is 0 Å². The van der Waals surface area contributed by atoms with Crippen molar-refractivity contribution < 1.29 is 4.42 Å². The van der Waals surface area contributed by atoms with Gasteiger partial charge in [-0.15, -0.1) is 0 Å². The lowest BCUT2D eigenvalue weighted by atomic mass is 9.99. The van der Waals surface area contributed by atoms with Gasteiger partial charge in [-0.1, -0.05) is 146 Å². The number of aromatic nitrogens is 3. The highest BCUT2D eigenvalue weighted by Gasteiger charge is 2.17. The minimum Gasteiger partial charge on any atom is -0.456 e. The second-order valence-electron chi connectivity index (χ2n) is 12.9. The second-order valence-corrected chi connectivity index (χ2v) is 12.9. The van der Waals surface area contributed by atoms with Crippen molar-refractivity contribution in [2.45, 2.75) is 0 Å². The average Bonchev–Trinajstić information content (AvgIpc) is 3.59. The molecule has 0 bridgehead atoms. The van der Waals surface area contributed by atoms with Crippen LogP contribution in [0.4, 0.5) is 0 Å². The van der Waals surface area contributed by atoms with E-state index in [4.69, 9.17) is 19.4 Å². The highest BCUT2D eigenvalue weighted by atomic mass is 16.3. The molecule has 10 rings (SSSR count). The number of furan rings is 1. The van der Waals surface area contributed by atoms with Gasteiger partial charge in [0.05, 0.1) is 0 Å². The Hall–Kier alpha value is -6.91. The van der Waals surface area contributed by atoms with Crippen molar-refractivity contribution in [1.82, 2.24) is 15.0 Å². The maximum atomic E-state index is 6.47. The zero-order valence-electron chi connectivity index (χ0n) is 27.5. The summed E-state index contributed by atoms with van der Waals surface area (Å²) >= 11 is 0. The number of hydrogen-bond donors (Lipinski definition) is 0. The van der Waals surface area contributed by atoms with Crippen molar-refractivity contribution in [3.63, 3.8) is 0 Å². The van der Waals surface area contributed by atoms with E-state index in [-0.39, 0.29) is 0 Å². The molecule has 2 heterocycles. The number of rotatable bonds is 5. The van der Waals surface area contributed by atoms with Gasteiger partial charge >= 0.3 is 0 Å². The van der Waals surface area contributed by atoms with Gasteiger partial charge < -0.3 is 4.42 Å². The van der Waals surface area contributed by atoms with E-state index in [9.17, 15) is 0 Å². The van der Waals surface area contributed by atoms with Gasteiger partial charge in [-0.2, -0.15) is 0 Å². The number of benzene rings is 8. The first-order valence-electron chi connectivity index (χ1n) is 17.1. The molecule has 0 radical (unpaired) electrons. The van der Waals surface area contributed by atoms with Gasteiger partial charge in [0, 0.05) is 27.5 Å². The van der Waals surface area contributed by atoms with Gasteiger partial charge in [-0.05, 0) is 74.1 Å². The molecule has 0 aliphatic rings. The van der Waals surface area contributed by atoms with Crippen LogP contribution in [0.2, 0.25) is 0 Å². The Bertz CT molecular complexity index is 2910. The summed E-state index contributed by atoms with van der Waals surface area (Å²) in [7, 11) is 0. The van der Waals surface area contributed by atoms with Crippen molar-refractivity contribution >= 4 is 43.5 Å². The van der Waals surface area contributed by atoms with Crippen molar-refractivity contribution in [3.8, 4) is 56.4 Å². The van der Waals surface area contributed by atoms with Crippen LogP contribution < -0.4 is 0 Å². The SMILES string of the molecule is c1ccc(-c2cccc3oc4cc(-c5nc(-c6ccc(-c7ccc8ccccc8c7)cc6)nc(-c6ccc7ccccc7c6)n5)ccc4c23)cc1. The summed E-state index contributed by atoms with van der Waals surface area (Å²) in [5.74, 6) is 1.83. The molecular formula is C47H29N3O. The average molecular weight is 652 g/mol. The zero-order valence-corrected chi connectivity index (χ0v) is 27.5. The van der Waals surface area contributed by atoms with Crippen molar-refractivity contribution in [2.75, 3.05) is 0 Å². The van der Waals surface area contributed by atoms with Crippen molar-refractivity contribution in [3.05, 3.63) is 176 Å². The van der Waals surface area contributed by atoms with E-state index in [1.54, 1.807) is 0 Å². The standard InChI is InChI=1S/C47H29N3O/c1-2-11-33(12-3-1)40-15-8-16-42-44(40)41-26-25-39(29-43(41)51-42)47-49-45(48-46(50-47)38-24-20-31-10-5-7-14-36(31)28-38)34-21-17-32(18-22-34)37-23-19-30-9-4-6-13-35(30)27-37/h1-29H. The fourth-order valence-electron chi connectivity index (χ4n) is 7.10. The first-order valence-corrected chi connectivity index (χ1v) is 17.1. The molecule has 0 unspecified atom stereocenters. The van der Waals surface area contributed by atoms with Crippen LogP contribution in [0.1, 0.15) is 0 Å². The molecule has 0 saturated carbocycles. The molecule has 4 heteroatoms. The maximum absolute atomic E-state index is 6.47. The molecule has 238 valence electrons. The Morgan fingerprint density at radius 1 is 0.314 bits per heavy atom. The van der Waals surface area contributed by atoms with E-state index in [0.717, 1.165) is 60.7 Å². The number of hydrogen-bond acceptors (Lipinski definition) is 4. The molecule has 8 aromatic carbocycles. The Labute approximate surface area is 294 Å². The van der Waals surface area contributed by atoms with E-state index in [0.29, 0.717) is 17.5 Å². The van der Waals surface area contributed by atoms with Gasteiger partial charge in [-0.25, -0.2) is 15.0 Å². The van der Waals surface area contributed by atoms with Crippen LogP contribution in [-0.4, -0.2) is 15.0 Å². The van der Waals surface area contributed by atoms with E-state index < -0.39 is 0 Å². The van der Waals surface area contributed by atoms with E-state index in [1.165, 1.54) is 21.7 Å². The molecule has 0 atom stereocenters. The molecule has 0 aliphatic carbocycles. The first-order chi connectivity index (χ1) is 25.2. The van der Waals surface area contributed by atoms with Crippen molar-refractivity contribution in [1.29, 1.82) is 0 Å². The lowest BCUT2D eigenvalue weighted by Crippen LogP contribution is -2.00. The summed E-state index contributed by atoms with van der Waals surface area (Å²) in [6.07, 6.45) is 0. The molecule has 0 N–H and O–H groups in total. The van der Waals surface area contributed by atoms with Crippen LogP contribution in [0, 0.1) is 0 Å². The van der Waals surface area contributed by atoms with E-state index in [2.05, 4.69) is 158 Å². The molecule has 0 saturated heterocycles. The second kappa shape index (κ2) is 11.9.